The second kappa shape index (κ2) is 11.0. The maximum Gasteiger partial charge on any atom is 0.311 e. The van der Waals surface area contributed by atoms with E-state index in [1.807, 2.05) is 0 Å². The van der Waals surface area contributed by atoms with Gasteiger partial charge in [0.05, 0.1) is 22.3 Å². The van der Waals surface area contributed by atoms with Gasteiger partial charge in [0.15, 0.2) is 16.6 Å². The minimum absolute atomic E-state index is 0.219. The van der Waals surface area contributed by atoms with Crippen LogP contribution in [0.15, 0.2) is 48.5 Å². The molecule has 2 aliphatic heterocycles. The SMILES string of the molecule is C[Si](C)(CCCN1C(=O)c2ccccc2C1=O)O[Si](C)(C)O[Si](C)(C)CCCN1C(=O)c2ccccc2C1=O. The first-order valence-electron chi connectivity index (χ1n) is 13.5. The van der Waals surface area contributed by atoms with E-state index in [-0.39, 0.29) is 23.6 Å². The molecule has 0 fully saturated rings. The summed E-state index contributed by atoms with van der Waals surface area (Å²) in [6, 6.07) is 15.5. The Morgan fingerprint density at radius 3 is 1.10 bits per heavy atom. The van der Waals surface area contributed by atoms with Gasteiger partial charge in [-0.1, -0.05) is 24.3 Å². The third kappa shape index (κ3) is 6.55. The Bertz CT molecular complexity index is 1140. The van der Waals surface area contributed by atoms with Crippen molar-refractivity contribution in [2.24, 2.45) is 0 Å². The molecule has 0 N–H and O–H groups in total. The van der Waals surface area contributed by atoms with Crippen LogP contribution in [0.5, 0.6) is 0 Å². The van der Waals surface area contributed by atoms with Crippen LogP contribution in [0, 0.1) is 0 Å². The summed E-state index contributed by atoms with van der Waals surface area (Å²) in [4.78, 5) is 53.3. The summed E-state index contributed by atoms with van der Waals surface area (Å²) in [5, 5.41) is 0. The van der Waals surface area contributed by atoms with E-state index in [0.717, 1.165) is 12.1 Å². The number of imide groups is 2. The zero-order valence-electron chi connectivity index (χ0n) is 23.7. The molecule has 0 unspecified atom stereocenters. The predicted molar refractivity (Wildman–Crippen MR) is 157 cm³/mol. The van der Waals surface area contributed by atoms with Gasteiger partial charge in [-0.05, 0) is 88.5 Å². The van der Waals surface area contributed by atoms with Crippen molar-refractivity contribution in [2.75, 3.05) is 13.1 Å². The average Bonchev–Trinajstić information content (AvgIpc) is 3.23. The quantitative estimate of drug-likeness (QED) is 0.242. The maximum atomic E-state index is 12.6. The second-order valence-corrected chi connectivity index (χ2v) is 24.4. The van der Waals surface area contributed by atoms with E-state index < -0.39 is 25.2 Å². The molecule has 2 aromatic rings. The van der Waals surface area contributed by atoms with E-state index in [1.165, 1.54) is 9.80 Å². The molecule has 208 valence electrons. The summed E-state index contributed by atoms with van der Waals surface area (Å²) in [6.45, 7) is 13.5. The zero-order chi connectivity index (χ0) is 28.6. The lowest BCUT2D eigenvalue weighted by Gasteiger charge is -2.39. The zero-order valence-corrected chi connectivity index (χ0v) is 26.7. The predicted octanol–water partition coefficient (Wildman–Crippen LogP) is 5.50. The van der Waals surface area contributed by atoms with Gasteiger partial charge < -0.3 is 8.23 Å². The summed E-state index contributed by atoms with van der Waals surface area (Å²) in [7, 11) is -6.72. The third-order valence-corrected chi connectivity index (χ3v) is 18.6. The van der Waals surface area contributed by atoms with Crippen LogP contribution in [0.3, 0.4) is 0 Å². The Kier molecular flexibility index (Phi) is 8.29. The van der Waals surface area contributed by atoms with Gasteiger partial charge in [-0.25, -0.2) is 0 Å². The molecule has 0 bridgehead atoms. The number of hydrogen-bond donors (Lipinski definition) is 0. The fourth-order valence-electron chi connectivity index (χ4n) is 5.66. The molecule has 2 aromatic carbocycles. The minimum atomic E-state index is -2.47. The highest BCUT2D eigenvalue weighted by molar-refractivity contribution is 6.87. The Hall–Kier alpha value is -2.71. The van der Waals surface area contributed by atoms with Gasteiger partial charge in [-0.15, -0.1) is 0 Å². The first-order chi connectivity index (χ1) is 18.2. The van der Waals surface area contributed by atoms with Gasteiger partial charge in [0.2, 0.25) is 0 Å². The van der Waals surface area contributed by atoms with Gasteiger partial charge in [-0.3, -0.25) is 29.0 Å². The molecule has 0 saturated heterocycles. The van der Waals surface area contributed by atoms with E-state index in [0.29, 0.717) is 48.2 Å². The number of fused-ring (bicyclic) bond motifs is 2. The lowest BCUT2D eigenvalue weighted by molar-refractivity contribution is 0.0638. The Morgan fingerprint density at radius 1 is 0.538 bits per heavy atom. The van der Waals surface area contributed by atoms with Crippen molar-refractivity contribution in [2.45, 2.75) is 64.2 Å². The van der Waals surface area contributed by atoms with Crippen LogP contribution in [0.1, 0.15) is 54.3 Å². The largest absolute Gasteiger partial charge is 0.437 e. The van der Waals surface area contributed by atoms with E-state index in [1.54, 1.807) is 48.5 Å². The smallest absolute Gasteiger partial charge is 0.311 e. The number of amides is 4. The first kappa shape index (κ1) is 29.3. The Labute approximate surface area is 233 Å². The highest BCUT2D eigenvalue weighted by Crippen LogP contribution is 2.29. The summed E-state index contributed by atoms with van der Waals surface area (Å²) < 4.78 is 13.4. The standard InChI is InChI=1S/C28H38N2O6Si3/c1-37(2,19-11-17-29-25(31)21-13-7-8-14-22(21)26(29)32)35-39(5,6)36-38(3,4)20-12-18-30-27(33)23-15-9-10-16-24(23)28(30)34/h7-10,13-16H,11-12,17-20H2,1-6H3. The monoisotopic (exact) mass is 582 g/mol. The van der Waals surface area contributed by atoms with Crippen molar-refractivity contribution >= 4 is 48.8 Å². The molecule has 2 aliphatic rings. The Balaban J connectivity index is 1.24. The summed E-state index contributed by atoms with van der Waals surface area (Å²) in [6.07, 6.45) is 1.38. The summed E-state index contributed by atoms with van der Waals surface area (Å²) >= 11 is 0. The van der Waals surface area contributed by atoms with Gasteiger partial charge in [0, 0.05) is 13.1 Å². The van der Waals surface area contributed by atoms with Gasteiger partial charge in [0.1, 0.15) is 0 Å². The maximum absolute atomic E-state index is 12.6. The van der Waals surface area contributed by atoms with Crippen LogP contribution in [-0.2, 0) is 8.23 Å². The molecule has 0 radical (unpaired) electrons. The molecule has 0 saturated carbocycles. The minimum Gasteiger partial charge on any atom is -0.437 e. The van der Waals surface area contributed by atoms with Crippen molar-refractivity contribution in [3.05, 3.63) is 70.8 Å². The molecular formula is C28H38N2O6Si3. The molecule has 4 amide bonds. The number of nitrogens with zero attached hydrogens (tertiary/aromatic N) is 2. The van der Waals surface area contributed by atoms with Crippen molar-refractivity contribution in [3.8, 4) is 0 Å². The molecular weight excluding hydrogens is 545 g/mol. The van der Waals surface area contributed by atoms with Gasteiger partial charge in [-0.2, -0.15) is 0 Å². The van der Waals surface area contributed by atoms with Crippen molar-refractivity contribution in [3.63, 3.8) is 0 Å². The number of rotatable bonds is 12. The fraction of sp³-hybridized carbons (Fsp3) is 0.429. The first-order valence-corrected chi connectivity index (χ1v) is 22.6. The molecule has 0 spiro atoms. The highest BCUT2D eigenvalue weighted by Gasteiger charge is 2.41. The fourth-order valence-corrected chi connectivity index (χ4v) is 19.7. The van der Waals surface area contributed by atoms with Crippen LogP contribution in [0.2, 0.25) is 51.4 Å². The van der Waals surface area contributed by atoms with E-state index in [2.05, 4.69) is 39.3 Å². The highest BCUT2D eigenvalue weighted by atomic mass is 28.5. The van der Waals surface area contributed by atoms with Crippen LogP contribution in [0.25, 0.3) is 0 Å². The van der Waals surface area contributed by atoms with Crippen molar-refractivity contribution in [1.29, 1.82) is 0 Å². The molecule has 2 heterocycles. The molecule has 0 aromatic heterocycles. The number of carbonyl (C=O) groups is 4. The van der Waals surface area contributed by atoms with Gasteiger partial charge >= 0.3 is 8.56 Å². The normalized spacial score (nSPS) is 15.8. The van der Waals surface area contributed by atoms with Crippen LogP contribution < -0.4 is 0 Å². The lowest BCUT2D eigenvalue weighted by atomic mass is 10.1. The molecule has 11 heteroatoms. The van der Waals surface area contributed by atoms with E-state index in [4.69, 9.17) is 8.23 Å². The third-order valence-electron chi connectivity index (χ3n) is 7.12. The molecule has 4 rings (SSSR count). The second-order valence-electron chi connectivity index (χ2n) is 11.9. The van der Waals surface area contributed by atoms with Crippen LogP contribution in [-0.4, -0.2) is 71.7 Å². The molecule has 0 atom stereocenters. The topological polar surface area (TPSA) is 93.2 Å². The summed E-state index contributed by atoms with van der Waals surface area (Å²) in [5.74, 6) is -0.878. The molecule has 8 nitrogen and oxygen atoms in total. The lowest BCUT2D eigenvalue weighted by Crippen LogP contribution is -2.52. The number of hydrogen-bond acceptors (Lipinski definition) is 6. The van der Waals surface area contributed by atoms with Crippen molar-refractivity contribution < 1.29 is 27.4 Å². The van der Waals surface area contributed by atoms with Crippen molar-refractivity contribution in [1.82, 2.24) is 9.80 Å². The van der Waals surface area contributed by atoms with Crippen LogP contribution in [0.4, 0.5) is 0 Å². The van der Waals surface area contributed by atoms with Gasteiger partial charge in [0.25, 0.3) is 23.6 Å². The molecule has 39 heavy (non-hydrogen) atoms. The van der Waals surface area contributed by atoms with E-state index >= 15 is 0 Å². The summed E-state index contributed by atoms with van der Waals surface area (Å²) in [5.41, 5.74) is 1.92. The van der Waals surface area contributed by atoms with E-state index in [9.17, 15) is 19.2 Å². The molecule has 0 aliphatic carbocycles. The Morgan fingerprint density at radius 2 is 0.821 bits per heavy atom. The van der Waals surface area contributed by atoms with Crippen LogP contribution >= 0.6 is 0 Å². The number of carbonyl (C=O) groups excluding carboxylic acids is 4. The number of benzene rings is 2. The average molecular weight is 583 g/mol.